The zero-order valence-electron chi connectivity index (χ0n) is 9.26. The SMILES string of the molecule is Cn1cnnc1CN1CCCC(CN)C1. The van der Waals surface area contributed by atoms with Gasteiger partial charge in [0, 0.05) is 13.6 Å². The predicted octanol–water partition coefficient (Wildman–Crippen LogP) is -0.0142. The van der Waals surface area contributed by atoms with E-state index in [1.807, 2.05) is 11.6 Å². The van der Waals surface area contributed by atoms with Gasteiger partial charge in [-0.1, -0.05) is 0 Å². The maximum absolute atomic E-state index is 5.71. The maximum Gasteiger partial charge on any atom is 0.146 e. The van der Waals surface area contributed by atoms with E-state index in [2.05, 4.69) is 15.1 Å². The van der Waals surface area contributed by atoms with E-state index < -0.39 is 0 Å². The minimum atomic E-state index is 0.659. The lowest BCUT2D eigenvalue weighted by Crippen LogP contribution is -2.38. The molecule has 1 saturated heterocycles. The van der Waals surface area contributed by atoms with Gasteiger partial charge in [-0.25, -0.2) is 0 Å². The van der Waals surface area contributed by atoms with Crippen LogP contribution >= 0.6 is 0 Å². The Kier molecular flexibility index (Phi) is 3.33. The van der Waals surface area contributed by atoms with Crippen LogP contribution in [0.2, 0.25) is 0 Å². The molecule has 0 amide bonds. The third-order valence-corrected chi connectivity index (χ3v) is 3.11. The molecule has 1 aliphatic heterocycles. The Balaban J connectivity index is 1.92. The van der Waals surface area contributed by atoms with Crippen molar-refractivity contribution in [3.05, 3.63) is 12.2 Å². The number of aromatic nitrogens is 3. The van der Waals surface area contributed by atoms with Crippen LogP contribution in [-0.2, 0) is 13.6 Å². The topological polar surface area (TPSA) is 60.0 Å². The molecule has 0 bridgehead atoms. The zero-order chi connectivity index (χ0) is 10.7. The highest BCUT2D eigenvalue weighted by atomic mass is 15.3. The van der Waals surface area contributed by atoms with Crippen LogP contribution in [0.1, 0.15) is 18.7 Å². The van der Waals surface area contributed by atoms with Gasteiger partial charge in [0.25, 0.3) is 0 Å². The van der Waals surface area contributed by atoms with E-state index in [1.54, 1.807) is 6.33 Å². The van der Waals surface area contributed by atoms with Gasteiger partial charge in [0.2, 0.25) is 0 Å². The van der Waals surface area contributed by atoms with Gasteiger partial charge in [-0.15, -0.1) is 10.2 Å². The molecule has 5 nitrogen and oxygen atoms in total. The van der Waals surface area contributed by atoms with E-state index in [9.17, 15) is 0 Å². The number of hydrogen-bond donors (Lipinski definition) is 1. The number of rotatable bonds is 3. The number of nitrogens with two attached hydrogens (primary N) is 1. The summed E-state index contributed by atoms with van der Waals surface area (Å²) >= 11 is 0. The van der Waals surface area contributed by atoms with Gasteiger partial charge >= 0.3 is 0 Å². The Morgan fingerprint density at radius 2 is 2.47 bits per heavy atom. The van der Waals surface area contributed by atoms with Gasteiger partial charge < -0.3 is 10.3 Å². The molecular formula is C10H19N5. The first-order valence-corrected chi connectivity index (χ1v) is 5.55. The molecule has 15 heavy (non-hydrogen) atoms. The van der Waals surface area contributed by atoms with Crippen LogP contribution in [0.3, 0.4) is 0 Å². The molecule has 0 radical (unpaired) electrons. The van der Waals surface area contributed by atoms with Crippen LogP contribution in [0.5, 0.6) is 0 Å². The van der Waals surface area contributed by atoms with Crippen molar-refractivity contribution in [3.63, 3.8) is 0 Å². The van der Waals surface area contributed by atoms with Crippen molar-refractivity contribution in [2.24, 2.45) is 18.7 Å². The molecule has 1 fully saturated rings. The maximum atomic E-state index is 5.71. The summed E-state index contributed by atoms with van der Waals surface area (Å²) in [5.41, 5.74) is 5.71. The molecule has 1 aromatic heterocycles. The molecule has 0 spiro atoms. The lowest BCUT2D eigenvalue weighted by atomic mass is 9.98. The molecule has 2 N–H and O–H groups in total. The molecule has 1 unspecified atom stereocenters. The van der Waals surface area contributed by atoms with E-state index >= 15 is 0 Å². The summed E-state index contributed by atoms with van der Waals surface area (Å²) in [4.78, 5) is 2.42. The standard InChI is InChI=1S/C10H19N5/c1-14-8-12-13-10(14)7-15-4-2-3-9(5-11)6-15/h8-9H,2-7,11H2,1H3. The highest BCUT2D eigenvalue weighted by molar-refractivity contribution is 4.86. The third-order valence-electron chi connectivity index (χ3n) is 3.11. The third kappa shape index (κ3) is 2.54. The average molecular weight is 209 g/mol. The molecule has 1 atom stereocenters. The summed E-state index contributed by atoms with van der Waals surface area (Å²) in [5, 5.41) is 7.99. The van der Waals surface area contributed by atoms with Gasteiger partial charge in [0.15, 0.2) is 0 Å². The summed E-state index contributed by atoms with van der Waals surface area (Å²) in [6.07, 6.45) is 4.27. The van der Waals surface area contributed by atoms with Crippen LogP contribution in [0.25, 0.3) is 0 Å². The fourth-order valence-corrected chi connectivity index (χ4v) is 2.14. The van der Waals surface area contributed by atoms with Gasteiger partial charge in [0.05, 0.1) is 6.54 Å². The van der Waals surface area contributed by atoms with E-state index in [1.165, 1.54) is 12.8 Å². The highest BCUT2D eigenvalue weighted by Crippen LogP contribution is 2.16. The van der Waals surface area contributed by atoms with Crippen LogP contribution < -0.4 is 5.73 Å². The van der Waals surface area contributed by atoms with Crippen molar-refractivity contribution in [1.29, 1.82) is 0 Å². The Morgan fingerprint density at radius 3 is 3.13 bits per heavy atom. The minimum Gasteiger partial charge on any atom is -0.330 e. The van der Waals surface area contributed by atoms with E-state index in [0.29, 0.717) is 5.92 Å². The first-order chi connectivity index (χ1) is 7.29. The molecule has 1 aliphatic rings. The van der Waals surface area contributed by atoms with E-state index in [0.717, 1.165) is 32.0 Å². The number of aryl methyl sites for hydroxylation is 1. The van der Waals surface area contributed by atoms with Crippen molar-refractivity contribution >= 4 is 0 Å². The van der Waals surface area contributed by atoms with Crippen molar-refractivity contribution in [3.8, 4) is 0 Å². The summed E-state index contributed by atoms with van der Waals surface area (Å²) in [6, 6.07) is 0. The Hall–Kier alpha value is -0.940. The highest BCUT2D eigenvalue weighted by Gasteiger charge is 2.19. The first kappa shape index (κ1) is 10.6. The van der Waals surface area contributed by atoms with Crippen molar-refractivity contribution in [1.82, 2.24) is 19.7 Å². The average Bonchev–Trinajstić information content (AvgIpc) is 2.65. The number of hydrogen-bond acceptors (Lipinski definition) is 4. The Bertz CT molecular complexity index is 309. The predicted molar refractivity (Wildman–Crippen MR) is 58.1 cm³/mol. The first-order valence-electron chi connectivity index (χ1n) is 5.55. The monoisotopic (exact) mass is 209 g/mol. The van der Waals surface area contributed by atoms with Crippen molar-refractivity contribution in [2.45, 2.75) is 19.4 Å². The van der Waals surface area contributed by atoms with Crippen LogP contribution in [0, 0.1) is 5.92 Å². The summed E-state index contributed by atoms with van der Waals surface area (Å²) in [6.45, 7) is 3.95. The molecule has 2 rings (SSSR count). The lowest BCUT2D eigenvalue weighted by molar-refractivity contribution is 0.166. The van der Waals surface area contributed by atoms with Crippen molar-refractivity contribution in [2.75, 3.05) is 19.6 Å². The van der Waals surface area contributed by atoms with Crippen LogP contribution in [-0.4, -0.2) is 39.3 Å². The van der Waals surface area contributed by atoms with Gasteiger partial charge in [-0.3, -0.25) is 4.90 Å². The van der Waals surface area contributed by atoms with Crippen molar-refractivity contribution < 1.29 is 0 Å². The summed E-state index contributed by atoms with van der Waals surface area (Å²) < 4.78 is 1.98. The molecule has 5 heteroatoms. The molecule has 2 heterocycles. The molecule has 84 valence electrons. The van der Waals surface area contributed by atoms with Crippen LogP contribution in [0.15, 0.2) is 6.33 Å². The quantitative estimate of drug-likeness (QED) is 0.760. The number of likely N-dealkylation sites (tertiary alicyclic amines) is 1. The molecule has 0 aliphatic carbocycles. The fourth-order valence-electron chi connectivity index (χ4n) is 2.14. The normalized spacial score (nSPS) is 23.2. The second kappa shape index (κ2) is 4.72. The van der Waals surface area contributed by atoms with Crippen LogP contribution in [0.4, 0.5) is 0 Å². The number of piperidine rings is 1. The minimum absolute atomic E-state index is 0.659. The van der Waals surface area contributed by atoms with Gasteiger partial charge in [-0.05, 0) is 31.8 Å². The van der Waals surface area contributed by atoms with Gasteiger partial charge in [0.1, 0.15) is 12.2 Å². The summed E-state index contributed by atoms with van der Waals surface area (Å²) in [5.74, 6) is 1.69. The van der Waals surface area contributed by atoms with E-state index in [4.69, 9.17) is 5.73 Å². The molecular weight excluding hydrogens is 190 g/mol. The second-order valence-corrected chi connectivity index (χ2v) is 4.34. The molecule has 0 aromatic carbocycles. The largest absolute Gasteiger partial charge is 0.330 e. The Labute approximate surface area is 90.3 Å². The van der Waals surface area contributed by atoms with Gasteiger partial charge in [-0.2, -0.15) is 0 Å². The Morgan fingerprint density at radius 1 is 1.60 bits per heavy atom. The second-order valence-electron chi connectivity index (χ2n) is 4.34. The molecule has 1 aromatic rings. The van der Waals surface area contributed by atoms with E-state index in [-0.39, 0.29) is 0 Å². The fraction of sp³-hybridized carbons (Fsp3) is 0.800. The molecule has 0 saturated carbocycles. The smallest absolute Gasteiger partial charge is 0.146 e. The number of nitrogens with zero attached hydrogens (tertiary/aromatic N) is 4. The lowest BCUT2D eigenvalue weighted by Gasteiger charge is -2.31. The zero-order valence-corrected chi connectivity index (χ0v) is 9.26. The summed E-state index contributed by atoms with van der Waals surface area (Å²) in [7, 11) is 1.99.